The molecular formula is C44H55N5OS. The molecule has 2 atom stereocenters. The van der Waals surface area contributed by atoms with E-state index >= 15 is 0 Å². The van der Waals surface area contributed by atoms with Gasteiger partial charge in [0.2, 0.25) is 11.8 Å². The standard InChI is InChI=1S/C44H55N5OS/c1-46(2)41(40-20-13-31-51-40)37-21-23-38(24-22-37)42(49-29-27-48(28-30-49)33-36-18-11-6-12-19-36)43-45-39(32-35-16-9-5-10-17-35)44(50-43)47(3)26-25-34-14-7-4-8-15-34/h4-20,31,37-38,41-42H,21-30,32-33H2,1-3H3. The summed E-state index contributed by atoms with van der Waals surface area (Å²) in [5.74, 6) is 3.02. The van der Waals surface area contributed by atoms with Crippen molar-refractivity contribution in [2.24, 2.45) is 11.8 Å². The van der Waals surface area contributed by atoms with Crippen LogP contribution in [0, 0.1) is 11.8 Å². The van der Waals surface area contributed by atoms with E-state index in [1.54, 1.807) is 0 Å². The third-order valence-electron chi connectivity index (χ3n) is 11.2. The molecule has 1 saturated heterocycles. The lowest BCUT2D eigenvalue weighted by molar-refractivity contribution is 0.0305. The summed E-state index contributed by atoms with van der Waals surface area (Å²) in [6.07, 6.45) is 6.60. The van der Waals surface area contributed by atoms with Gasteiger partial charge in [-0.1, -0.05) is 97.1 Å². The molecular weight excluding hydrogens is 647 g/mol. The van der Waals surface area contributed by atoms with Crippen LogP contribution in [0.5, 0.6) is 0 Å². The Morgan fingerprint density at radius 3 is 1.94 bits per heavy atom. The second-order valence-corrected chi connectivity index (χ2v) is 15.9. The van der Waals surface area contributed by atoms with E-state index in [2.05, 4.69) is 149 Å². The van der Waals surface area contributed by atoms with Gasteiger partial charge in [0.15, 0.2) is 0 Å². The zero-order valence-electron chi connectivity index (χ0n) is 30.7. The third kappa shape index (κ3) is 9.01. The Balaban J connectivity index is 1.15. The molecule has 6 nitrogen and oxygen atoms in total. The number of piperazine rings is 1. The van der Waals surface area contributed by atoms with Gasteiger partial charge in [0, 0.05) is 63.7 Å². The van der Waals surface area contributed by atoms with E-state index in [4.69, 9.17) is 9.40 Å². The van der Waals surface area contributed by atoms with E-state index in [9.17, 15) is 0 Å². The van der Waals surface area contributed by atoms with Crippen LogP contribution < -0.4 is 4.90 Å². The maximum atomic E-state index is 7.05. The smallest absolute Gasteiger partial charge is 0.219 e. The minimum atomic E-state index is 0.176. The summed E-state index contributed by atoms with van der Waals surface area (Å²) in [5.41, 5.74) is 5.06. The molecule has 51 heavy (non-hydrogen) atoms. The summed E-state index contributed by atoms with van der Waals surface area (Å²) in [5, 5.41) is 2.23. The highest BCUT2D eigenvalue weighted by molar-refractivity contribution is 7.10. The molecule has 2 fully saturated rings. The normalized spacial score (nSPS) is 20.0. The lowest BCUT2D eigenvalue weighted by Gasteiger charge is -2.44. The first kappa shape index (κ1) is 35.6. The number of thiophene rings is 1. The van der Waals surface area contributed by atoms with Crippen molar-refractivity contribution in [1.29, 1.82) is 0 Å². The molecule has 7 rings (SSSR count). The van der Waals surface area contributed by atoms with Gasteiger partial charge in [-0.05, 0) is 86.2 Å². The van der Waals surface area contributed by atoms with Gasteiger partial charge < -0.3 is 14.2 Å². The number of nitrogens with zero attached hydrogens (tertiary/aromatic N) is 5. The van der Waals surface area contributed by atoms with Crippen molar-refractivity contribution in [3.8, 4) is 0 Å². The van der Waals surface area contributed by atoms with Gasteiger partial charge in [-0.2, -0.15) is 0 Å². The first-order valence-corrected chi connectivity index (χ1v) is 19.9. The van der Waals surface area contributed by atoms with Crippen LogP contribution in [-0.2, 0) is 19.4 Å². The van der Waals surface area contributed by atoms with E-state index in [1.165, 1.54) is 47.3 Å². The first-order valence-electron chi connectivity index (χ1n) is 19.0. The first-order chi connectivity index (χ1) is 25.0. The lowest BCUT2D eigenvalue weighted by Crippen LogP contribution is -2.49. The minimum absolute atomic E-state index is 0.176. The summed E-state index contributed by atoms with van der Waals surface area (Å²) < 4.78 is 7.05. The van der Waals surface area contributed by atoms with Crippen molar-refractivity contribution in [2.45, 2.75) is 57.2 Å². The Labute approximate surface area is 309 Å². The predicted molar refractivity (Wildman–Crippen MR) is 211 cm³/mol. The average molecular weight is 702 g/mol. The monoisotopic (exact) mass is 701 g/mol. The molecule has 3 aromatic carbocycles. The van der Waals surface area contributed by atoms with Crippen molar-refractivity contribution in [1.82, 2.24) is 19.7 Å². The summed E-state index contributed by atoms with van der Waals surface area (Å²) in [7, 11) is 6.69. The van der Waals surface area contributed by atoms with Gasteiger partial charge in [0.05, 0.1) is 6.04 Å². The Morgan fingerprint density at radius 2 is 1.33 bits per heavy atom. The maximum absolute atomic E-state index is 7.05. The van der Waals surface area contributed by atoms with Crippen LogP contribution in [0.4, 0.5) is 5.88 Å². The molecule has 0 N–H and O–H groups in total. The van der Waals surface area contributed by atoms with Crippen molar-refractivity contribution in [3.05, 3.63) is 142 Å². The summed E-state index contributed by atoms with van der Waals surface area (Å²) >= 11 is 1.91. The van der Waals surface area contributed by atoms with E-state index in [0.29, 0.717) is 17.9 Å². The molecule has 0 amide bonds. The second kappa shape index (κ2) is 17.2. The largest absolute Gasteiger partial charge is 0.423 e. The van der Waals surface area contributed by atoms with Crippen LogP contribution in [0.2, 0.25) is 0 Å². The molecule has 0 radical (unpaired) electrons. The molecule has 7 heteroatoms. The van der Waals surface area contributed by atoms with Gasteiger partial charge in [-0.15, -0.1) is 11.3 Å². The van der Waals surface area contributed by atoms with Crippen LogP contribution in [0.25, 0.3) is 0 Å². The van der Waals surface area contributed by atoms with Crippen LogP contribution in [-0.4, -0.2) is 73.6 Å². The van der Waals surface area contributed by atoms with E-state index in [-0.39, 0.29) is 6.04 Å². The van der Waals surface area contributed by atoms with Gasteiger partial charge >= 0.3 is 0 Å². The fraction of sp³-hybridized carbons (Fsp3) is 0.432. The van der Waals surface area contributed by atoms with Crippen LogP contribution in [0.1, 0.15) is 70.9 Å². The van der Waals surface area contributed by atoms with Gasteiger partial charge in [-0.3, -0.25) is 9.80 Å². The van der Waals surface area contributed by atoms with E-state index in [1.807, 2.05) is 11.3 Å². The zero-order valence-corrected chi connectivity index (χ0v) is 31.6. The summed E-state index contributed by atoms with van der Waals surface area (Å²) in [6.45, 7) is 6.07. The molecule has 2 unspecified atom stereocenters. The second-order valence-electron chi connectivity index (χ2n) is 15.0. The number of hydrogen-bond acceptors (Lipinski definition) is 7. The molecule has 2 aromatic heterocycles. The molecule has 1 aliphatic carbocycles. The Kier molecular flexibility index (Phi) is 12.0. The number of rotatable bonds is 14. The maximum Gasteiger partial charge on any atom is 0.219 e. The molecule has 1 aliphatic heterocycles. The Bertz CT molecular complexity index is 1730. The number of oxazole rings is 1. The van der Waals surface area contributed by atoms with Crippen molar-refractivity contribution >= 4 is 17.2 Å². The zero-order chi connectivity index (χ0) is 35.0. The number of likely N-dealkylation sites (N-methyl/N-ethyl adjacent to an activating group) is 1. The van der Waals surface area contributed by atoms with Crippen LogP contribution in [0.3, 0.4) is 0 Å². The summed E-state index contributed by atoms with van der Waals surface area (Å²) in [4.78, 5) is 17.1. The molecule has 268 valence electrons. The highest BCUT2D eigenvalue weighted by Gasteiger charge is 2.40. The predicted octanol–water partition coefficient (Wildman–Crippen LogP) is 8.97. The summed E-state index contributed by atoms with van der Waals surface area (Å²) in [6, 6.07) is 37.7. The molecule has 2 aliphatic rings. The topological polar surface area (TPSA) is 39.0 Å². The minimum Gasteiger partial charge on any atom is -0.423 e. The number of anilines is 1. The van der Waals surface area contributed by atoms with E-state index < -0.39 is 0 Å². The highest BCUT2D eigenvalue weighted by Crippen LogP contribution is 2.46. The Hall–Kier alpha value is -3.75. The molecule has 5 aromatic rings. The van der Waals surface area contributed by atoms with Crippen molar-refractivity contribution in [2.75, 3.05) is 58.8 Å². The van der Waals surface area contributed by atoms with Gasteiger partial charge in [-0.25, -0.2) is 4.98 Å². The van der Waals surface area contributed by atoms with Gasteiger partial charge in [0.1, 0.15) is 5.69 Å². The lowest BCUT2D eigenvalue weighted by atomic mass is 9.74. The Morgan fingerprint density at radius 1 is 0.725 bits per heavy atom. The van der Waals surface area contributed by atoms with Crippen LogP contribution >= 0.6 is 11.3 Å². The third-order valence-corrected chi connectivity index (χ3v) is 12.2. The molecule has 0 bridgehead atoms. The number of aromatic nitrogens is 1. The van der Waals surface area contributed by atoms with Crippen molar-refractivity contribution in [3.63, 3.8) is 0 Å². The SMILES string of the molecule is CN(CCc1ccccc1)c1oc(C(C2CCC(C(c3cccs3)N(C)C)CC2)N2CCN(Cc3ccccc3)CC2)nc1Cc1ccccc1. The fourth-order valence-corrected chi connectivity index (χ4v) is 9.59. The average Bonchev–Trinajstić information content (AvgIpc) is 3.84. The fourth-order valence-electron chi connectivity index (χ4n) is 8.58. The van der Waals surface area contributed by atoms with Gasteiger partial charge in [0.25, 0.3) is 0 Å². The number of benzene rings is 3. The highest BCUT2D eigenvalue weighted by atomic mass is 32.1. The molecule has 3 heterocycles. The van der Waals surface area contributed by atoms with E-state index in [0.717, 1.165) is 69.6 Å². The van der Waals surface area contributed by atoms with Crippen LogP contribution in [0.15, 0.2) is 113 Å². The van der Waals surface area contributed by atoms with Crippen molar-refractivity contribution < 1.29 is 4.42 Å². The molecule has 1 saturated carbocycles. The molecule has 0 spiro atoms. The quantitative estimate of drug-likeness (QED) is 0.115. The number of hydrogen-bond donors (Lipinski definition) is 0.